The Labute approximate surface area is 49.9 Å². The molecule has 0 amide bonds. The van der Waals surface area contributed by atoms with Gasteiger partial charge < -0.3 is 0 Å². The van der Waals surface area contributed by atoms with E-state index in [1.807, 2.05) is 19.1 Å². The third kappa shape index (κ3) is 3.17. The lowest BCUT2D eigenvalue weighted by Crippen LogP contribution is -1.64. The van der Waals surface area contributed by atoms with Gasteiger partial charge in [0.05, 0.1) is 12.5 Å². The number of hydrogen-bond donors (Lipinski definition) is 0. The average Bonchev–Trinajstić information content (AvgIpc) is 1.83. The van der Waals surface area contributed by atoms with Gasteiger partial charge >= 0.3 is 0 Å². The van der Waals surface area contributed by atoms with E-state index in [4.69, 9.17) is 5.26 Å². The van der Waals surface area contributed by atoms with Crippen LogP contribution in [0.2, 0.25) is 0 Å². The monoisotopic (exact) mass is 107 g/mol. The minimum Gasteiger partial charge on any atom is -0.198 e. The zero-order chi connectivity index (χ0) is 6.41. The molecule has 0 rings (SSSR count). The predicted molar refractivity (Wildman–Crippen MR) is 34.2 cm³/mol. The highest BCUT2D eigenvalue weighted by Gasteiger charge is 1.75. The highest BCUT2D eigenvalue weighted by atomic mass is 14.2. The molecule has 8 heavy (non-hydrogen) atoms. The van der Waals surface area contributed by atoms with Crippen molar-refractivity contribution in [2.75, 3.05) is 0 Å². The van der Waals surface area contributed by atoms with Crippen molar-refractivity contribution in [1.82, 2.24) is 0 Å². The van der Waals surface area contributed by atoms with Gasteiger partial charge in [-0.2, -0.15) is 5.26 Å². The summed E-state index contributed by atoms with van der Waals surface area (Å²) in [4.78, 5) is 0. The first-order valence-corrected chi connectivity index (χ1v) is 2.47. The summed E-state index contributed by atoms with van der Waals surface area (Å²) in [6.07, 6.45) is 4.06. The molecule has 0 saturated heterocycles. The van der Waals surface area contributed by atoms with Gasteiger partial charge in [0.2, 0.25) is 0 Å². The summed E-state index contributed by atoms with van der Waals surface area (Å²) in [6, 6.07) is 2.01. The maximum absolute atomic E-state index is 8.08. The van der Waals surface area contributed by atoms with Gasteiger partial charge in [0, 0.05) is 0 Å². The maximum Gasteiger partial charge on any atom is 0.0663 e. The van der Waals surface area contributed by atoms with Crippen LogP contribution in [0.1, 0.15) is 13.3 Å². The Kier molecular flexibility index (Phi) is 3.60. The summed E-state index contributed by atoms with van der Waals surface area (Å²) >= 11 is 0. The maximum atomic E-state index is 8.08. The molecule has 0 radical (unpaired) electrons. The highest BCUT2D eigenvalue weighted by Crippen LogP contribution is 1.93. The lowest BCUT2D eigenvalue weighted by atomic mass is 10.2. The Balaban J connectivity index is 3.61. The molecular formula is C7H9N. The van der Waals surface area contributed by atoms with E-state index in [9.17, 15) is 0 Å². The molecule has 0 heterocycles. The molecule has 0 aromatic rings. The van der Waals surface area contributed by atoms with Crippen molar-refractivity contribution in [3.8, 4) is 6.07 Å². The number of allylic oxidation sites excluding steroid dienone is 3. The largest absolute Gasteiger partial charge is 0.198 e. The summed E-state index contributed by atoms with van der Waals surface area (Å²) in [5.41, 5.74) is 1.06. The van der Waals surface area contributed by atoms with E-state index in [2.05, 4.69) is 6.58 Å². The third-order valence-corrected chi connectivity index (χ3v) is 0.837. The zero-order valence-corrected chi connectivity index (χ0v) is 5.02. The Hall–Kier alpha value is -1.03. The second kappa shape index (κ2) is 4.14. The molecule has 0 unspecified atom stereocenters. The first-order valence-electron chi connectivity index (χ1n) is 2.47. The van der Waals surface area contributed by atoms with E-state index in [-0.39, 0.29) is 0 Å². The van der Waals surface area contributed by atoms with Crippen LogP contribution in [0.25, 0.3) is 0 Å². The average molecular weight is 107 g/mol. The van der Waals surface area contributed by atoms with Gasteiger partial charge in [-0.3, -0.25) is 0 Å². The first kappa shape index (κ1) is 6.97. The van der Waals surface area contributed by atoms with Gasteiger partial charge in [-0.25, -0.2) is 0 Å². The van der Waals surface area contributed by atoms with Gasteiger partial charge in [-0.05, 0) is 6.92 Å². The molecule has 0 aromatic heterocycles. The van der Waals surface area contributed by atoms with Crippen molar-refractivity contribution >= 4 is 0 Å². The molecule has 0 bridgehead atoms. The van der Waals surface area contributed by atoms with Crippen LogP contribution >= 0.6 is 0 Å². The van der Waals surface area contributed by atoms with Crippen molar-refractivity contribution in [2.45, 2.75) is 13.3 Å². The molecule has 0 N–H and O–H groups in total. The van der Waals surface area contributed by atoms with E-state index < -0.39 is 0 Å². The molecule has 0 atom stereocenters. The SMILES string of the molecule is C=C/C(C)=C\CC#N. The van der Waals surface area contributed by atoms with E-state index in [0.717, 1.165) is 5.57 Å². The van der Waals surface area contributed by atoms with Crippen molar-refractivity contribution < 1.29 is 0 Å². The lowest BCUT2D eigenvalue weighted by molar-refractivity contribution is 1.32. The second-order valence-electron chi connectivity index (χ2n) is 1.51. The molecule has 0 fully saturated rings. The summed E-state index contributed by atoms with van der Waals surface area (Å²) in [6.45, 7) is 5.46. The summed E-state index contributed by atoms with van der Waals surface area (Å²) in [5, 5.41) is 8.08. The first-order chi connectivity index (χ1) is 3.81. The smallest absolute Gasteiger partial charge is 0.0663 e. The molecule has 0 aliphatic rings. The number of nitrogens with zero attached hydrogens (tertiary/aromatic N) is 1. The van der Waals surface area contributed by atoms with Crippen LogP contribution in [-0.4, -0.2) is 0 Å². The Morgan fingerprint density at radius 1 is 1.88 bits per heavy atom. The Bertz CT molecular complexity index is 137. The highest BCUT2D eigenvalue weighted by molar-refractivity contribution is 5.14. The minimum absolute atomic E-state index is 0.484. The fourth-order valence-electron chi connectivity index (χ4n) is 0.290. The number of hydrogen-bond acceptors (Lipinski definition) is 1. The minimum atomic E-state index is 0.484. The van der Waals surface area contributed by atoms with Crippen LogP contribution < -0.4 is 0 Å². The molecule has 0 aliphatic carbocycles. The van der Waals surface area contributed by atoms with Gasteiger partial charge in [-0.15, -0.1) is 0 Å². The van der Waals surface area contributed by atoms with Crippen molar-refractivity contribution in [1.29, 1.82) is 5.26 Å². The predicted octanol–water partition coefficient (Wildman–Crippen LogP) is 2.03. The molecule has 1 heteroatoms. The standard InChI is InChI=1S/C7H9N/c1-3-7(2)5-4-6-8/h3,5H,1,4H2,2H3/b7-5-. The van der Waals surface area contributed by atoms with Crippen LogP contribution in [-0.2, 0) is 0 Å². The van der Waals surface area contributed by atoms with Crippen molar-refractivity contribution in [3.05, 3.63) is 24.3 Å². The van der Waals surface area contributed by atoms with Crippen LogP contribution in [0.3, 0.4) is 0 Å². The molecule has 42 valence electrons. The van der Waals surface area contributed by atoms with Gasteiger partial charge in [0.1, 0.15) is 0 Å². The third-order valence-electron chi connectivity index (χ3n) is 0.837. The fraction of sp³-hybridized carbons (Fsp3) is 0.286. The van der Waals surface area contributed by atoms with Crippen LogP contribution in [0, 0.1) is 11.3 Å². The Morgan fingerprint density at radius 3 is 2.88 bits per heavy atom. The Morgan fingerprint density at radius 2 is 2.50 bits per heavy atom. The number of nitriles is 1. The zero-order valence-electron chi connectivity index (χ0n) is 5.02. The normalized spacial score (nSPS) is 10.2. The van der Waals surface area contributed by atoms with Gasteiger partial charge in [0.15, 0.2) is 0 Å². The second-order valence-corrected chi connectivity index (χ2v) is 1.51. The molecule has 1 nitrogen and oxygen atoms in total. The lowest BCUT2D eigenvalue weighted by Gasteiger charge is -1.82. The van der Waals surface area contributed by atoms with Crippen LogP contribution in [0.4, 0.5) is 0 Å². The van der Waals surface area contributed by atoms with Gasteiger partial charge in [0.25, 0.3) is 0 Å². The van der Waals surface area contributed by atoms with Crippen LogP contribution in [0.15, 0.2) is 24.3 Å². The fourth-order valence-corrected chi connectivity index (χ4v) is 0.290. The molecule has 0 aliphatic heterocycles. The van der Waals surface area contributed by atoms with Crippen LogP contribution in [0.5, 0.6) is 0 Å². The quantitative estimate of drug-likeness (QED) is 0.495. The molecular weight excluding hydrogens is 98.1 g/mol. The van der Waals surface area contributed by atoms with Crippen molar-refractivity contribution in [2.24, 2.45) is 0 Å². The van der Waals surface area contributed by atoms with Crippen molar-refractivity contribution in [3.63, 3.8) is 0 Å². The summed E-state index contributed by atoms with van der Waals surface area (Å²) in [7, 11) is 0. The van der Waals surface area contributed by atoms with Gasteiger partial charge in [-0.1, -0.05) is 24.3 Å². The summed E-state index contributed by atoms with van der Waals surface area (Å²) in [5.74, 6) is 0. The summed E-state index contributed by atoms with van der Waals surface area (Å²) < 4.78 is 0. The van der Waals surface area contributed by atoms with E-state index in [1.165, 1.54) is 0 Å². The molecule has 0 spiro atoms. The molecule has 0 aromatic carbocycles. The number of rotatable bonds is 2. The van der Waals surface area contributed by atoms with E-state index in [1.54, 1.807) is 6.08 Å². The molecule has 0 saturated carbocycles. The van der Waals surface area contributed by atoms with E-state index >= 15 is 0 Å². The topological polar surface area (TPSA) is 23.8 Å². The van der Waals surface area contributed by atoms with E-state index in [0.29, 0.717) is 6.42 Å².